The summed E-state index contributed by atoms with van der Waals surface area (Å²) in [4.78, 5) is 17.5. The molecule has 2 rings (SSSR count). The molecule has 5 heteroatoms. The van der Waals surface area contributed by atoms with E-state index >= 15 is 0 Å². The highest BCUT2D eigenvalue weighted by Gasteiger charge is 2.19. The Balaban J connectivity index is 1.91. The van der Waals surface area contributed by atoms with E-state index in [2.05, 4.69) is 22.2 Å². The van der Waals surface area contributed by atoms with Crippen molar-refractivity contribution in [3.63, 3.8) is 0 Å². The fraction of sp³-hybridized carbons (Fsp3) is 0.500. The minimum atomic E-state index is -0.569. The van der Waals surface area contributed by atoms with E-state index in [1.54, 1.807) is 0 Å². The lowest BCUT2D eigenvalue weighted by Gasteiger charge is -2.29. The first-order valence-electron chi connectivity index (χ1n) is 5.76. The summed E-state index contributed by atoms with van der Waals surface area (Å²) in [5.74, 6) is -0.743. The van der Waals surface area contributed by atoms with Crippen LogP contribution in [-0.2, 0) is 0 Å². The van der Waals surface area contributed by atoms with Gasteiger partial charge in [0, 0.05) is 12.2 Å². The molecule has 92 valence electrons. The number of hydrogen-bond acceptors (Lipinski definition) is 3. The maximum absolute atomic E-state index is 12.6. The number of carbonyl (C=O) groups is 1. The van der Waals surface area contributed by atoms with E-state index in [-0.39, 0.29) is 11.9 Å². The molecule has 0 bridgehead atoms. The molecule has 1 N–H and O–H groups in total. The van der Waals surface area contributed by atoms with Crippen molar-refractivity contribution >= 4 is 5.91 Å². The van der Waals surface area contributed by atoms with Crippen LogP contribution in [0.2, 0.25) is 0 Å². The van der Waals surface area contributed by atoms with Gasteiger partial charge < -0.3 is 10.2 Å². The molecule has 4 nitrogen and oxygen atoms in total. The van der Waals surface area contributed by atoms with Crippen LogP contribution in [0.5, 0.6) is 0 Å². The van der Waals surface area contributed by atoms with Crippen molar-refractivity contribution in [1.82, 2.24) is 15.2 Å². The van der Waals surface area contributed by atoms with Crippen LogP contribution >= 0.6 is 0 Å². The van der Waals surface area contributed by atoms with E-state index < -0.39 is 5.95 Å². The average Bonchev–Trinajstić information content (AvgIpc) is 2.33. The number of nitrogens with zero attached hydrogens (tertiary/aromatic N) is 2. The zero-order chi connectivity index (χ0) is 12.3. The third-order valence-electron chi connectivity index (χ3n) is 3.04. The number of halogens is 1. The Kier molecular flexibility index (Phi) is 3.68. The minimum absolute atomic E-state index is 0.174. The maximum Gasteiger partial charge on any atom is 0.253 e. The van der Waals surface area contributed by atoms with Crippen LogP contribution in [0.15, 0.2) is 18.3 Å². The minimum Gasteiger partial charge on any atom is -0.349 e. The van der Waals surface area contributed by atoms with E-state index in [1.807, 2.05) is 0 Å². The van der Waals surface area contributed by atoms with Gasteiger partial charge in [-0.25, -0.2) is 4.98 Å². The van der Waals surface area contributed by atoms with Gasteiger partial charge in [-0.15, -0.1) is 0 Å². The summed E-state index contributed by atoms with van der Waals surface area (Å²) < 4.78 is 12.6. The molecule has 1 aromatic heterocycles. The molecule has 1 aliphatic rings. The summed E-state index contributed by atoms with van der Waals surface area (Å²) in [7, 11) is 2.07. The molecular formula is C12H16FN3O. The summed E-state index contributed by atoms with van der Waals surface area (Å²) >= 11 is 0. The Labute approximate surface area is 99.8 Å². The largest absolute Gasteiger partial charge is 0.349 e. The molecule has 1 saturated heterocycles. The zero-order valence-corrected chi connectivity index (χ0v) is 9.82. The predicted octanol–water partition coefficient (Wildman–Crippen LogP) is 1.04. The van der Waals surface area contributed by atoms with Crippen molar-refractivity contribution in [3.8, 4) is 0 Å². The second kappa shape index (κ2) is 5.23. The van der Waals surface area contributed by atoms with Crippen LogP contribution in [0.25, 0.3) is 0 Å². The number of amides is 1. The van der Waals surface area contributed by atoms with Gasteiger partial charge in [0.1, 0.15) is 0 Å². The van der Waals surface area contributed by atoms with Gasteiger partial charge in [-0.1, -0.05) is 0 Å². The van der Waals surface area contributed by atoms with E-state index in [0.29, 0.717) is 5.56 Å². The Hall–Kier alpha value is -1.49. The Morgan fingerprint density at radius 1 is 1.47 bits per heavy atom. The van der Waals surface area contributed by atoms with E-state index in [0.717, 1.165) is 25.9 Å². The summed E-state index contributed by atoms with van der Waals surface area (Å²) in [6.07, 6.45) is 3.17. The molecule has 0 spiro atoms. The summed E-state index contributed by atoms with van der Waals surface area (Å²) in [6, 6.07) is 2.86. The zero-order valence-electron chi connectivity index (χ0n) is 9.82. The third kappa shape index (κ3) is 3.23. The standard InChI is InChI=1S/C12H16FN3O/c1-16-6-4-10(5-7-16)15-12(17)9-2-3-11(13)14-8-9/h2-3,8,10H,4-7H2,1H3,(H,15,17). The number of rotatable bonds is 2. The first-order chi connectivity index (χ1) is 8.15. The SMILES string of the molecule is CN1CCC(NC(=O)c2ccc(F)nc2)CC1. The topological polar surface area (TPSA) is 45.2 Å². The summed E-state index contributed by atoms with van der Waals surface area (Å²) in [5, 5.41) is 2.95. The summed E-state index contributed by atoms with van der Waals surface area (Å²) in [6.45, 7) is 1.99. The van der Waals surface area contributed by atoms with Gasteiger partial charge in [-0.3, -0.25) is 4.79 Å². The van der Waals surface area contributed by atoms with Crippen molar-refractivity contribution in [3.05, 3.63) is 29.8 Å². The highest BCUT2D eigenvalue weighted by Crippen LogP contribution is 2.09. The van der Waals surface area contributed by atoms with E-state index in [9.17, 15) is 9.18 Å². The lowest BCUT2D eigenvalue weighted by molar-refractivity contribution is 0.0916. The molecule has 0 saturated carbocycles. The van der Waals surface area contributed by atoms with Gasteiger partial charge in [0.2, 0.25) is 5.95 Å². The molecule has 2 heterocycles. The molecule has 0 radical (unpaired) electrons. The van der Waals surface area contributed by atoms with Crippen LogP contribution in [-0.4, -0.2) is 42.0 Å². The Morgan fingerprint density at radius 2 is 2.18 bits per heavy atom. The van der Waals surface area contributed by atoms with Gasteiger partial charge in [-0.05, 0) is 45.1 Å². The van der Waals surface area contributed by atoms with Crippen LogP contribution in [0.3, 0.4) is 0 Å². The van der Waals surface area contributed by atoms with Crippen LogP contribution < -0.4 is 5.32 Å². The average molecular weight is 237 g/mol. The second-order valence-corrected chi connectivity index (χ2v) is 4.42. The van der Waals surface area contributed by atoms with Crippen LogP contribution in [0, 0.1) is 5.95 Å². The maximum atomic E-state index is 12.6. The molecule has 17 heavy (non-hydrogen) atoms. The highest BCUT2D eigenvalue weighted by atomic mass is 19.1. The molecule has 0 atom stereocenters. The van der Waals surface area contributed by atoms with E-state index in [4.69, 9.17) is 0 Å². The number of hydrogen-bond donors (Lipinski definition) is 1. The predicted molar refractivity (Wildman–Crippen MR) is 62.2 cm³/mol. The number of piperidine rings is 1. The number of nitrogens with one attached hydrogen (secondary N) is 1. The van der Waals surface area contributed by atoms with Crippen molar-refractivity contribution in [2.45, 2.75) is 18.9 Å². The van der Waals surface area contributed by atoms with Gasteiger partial charge >= 0.3 is 0 Å². The van der Waals surface area contributed by atoms with Crippen LogP contribution in [0.4, 0.5) is 4.39 Å². The number of likely N-dealkylation sites (tertiary alicyclic amines) is 1. The molecule has 1 fully saturated rings. The van der Waals surface area contributed by atoms with Gasteiger partial charge in [0.15, 0.2) is 0 Å². The molecule has 1 aromatic rings. The molecule has 0 aromatic carbocycles. The number of pyridine rings is 1. The van der Waals surface area contributed by atoms with E-state index in [1.165, 1.54) is 18.3 Å². The normalized spacial score (nSPS) is 18.0. The van der Waals surface area contributed by atoms with Crippen molar-refractivity contribution in [1.29, 1.82) is 0 Å². The highest BCUT2D eigenvalue weighted by molar-refractivity contribution is 5.94. The Bertz CT molecular complexity index is 385. The third-order valence-corrected chi connectivity index (χ3v) is 3.04. The molecular weight excluding hydrogens is 221 g/mol. The van der Waals surface area contributed by atoms with Crippen LogP contribution in [0.1, 0.15) is 23.2 Å². The molecule has 0 aliphatic carbocycles. The fourth-order valence-electron chi connectivity index (χ4n) is 1.93. The molecule has 0 unspecified atom stereocenters. The van der Waals surface area contributed by atoms with Crippen molar-refractivity contribution in [2.24, 2.45) is 0 Å². The Morgan fingerprint density at radius 3 is 2.76 bits per heavy atom. The van der Waals surface area contributed by atoms with Gasteiger partial charge in [0.05, 0.1) is 5.56 Å². The smallest absolute Gasteiger partial charge is 0.253 e. The lowest BCUT2D eigenvalue weighted by atomic mass is 10.1. The molecule has 1 aliphatic heterocycles. The first-order valence-corrected chi connectivity index (χ1v) is 5.76. The molecule has 1 amide bonds. The number of aromatic nitrogens is 1. The lowest BCUT2D eigenvalue weighted by Crippen LogP contribution is -2.43. The number of carbonyl (C=O) groups excluding carboxylic acids is 1. The first kappa shape index (κ1) is 12.0. The quantitative estimate of drug-likeness (QED) is 0.782. The monoisotopic (exact) mass is 237 g/mol. The van der Waals surface area contributed by atoms with Crippen molar-refractivity contribution < 1.29 is 9.18 Å². The fourth-order valence-corrected chi connectivity index (χ4v) is 1.93. The second-order valence-electron chi connectivity index (χ2n) is 4.42. The van der Waals surface area contributed by atoms with Gasteiger partial charge in [0.25, 0.3) is 5.91 Å². The van der Waals surface area contributed by atoms with Gasteiger partial charge in [-0.2, -0.15) is 4.39 Å². The summed E-state index contributed by atoms with van der Waals surface area (Å²) in [5.41, 5.74) is 0.408. The van der Waals surface area contributed by atoms with Crippen molar-refractivity contribution in [2.75, 3.05) is 20.1 Å².